The molecule has 2 aromatic heterocycles. The summed E-state index contributed by atoms with van der Waals surface area (Å²) in [5.41, 5.74) is 8.18. The van der Waals surface area contributed by atoms with Crippen molar-refractivity contribution in [2.24, 2.45) is 0 Å². The molecule has 3 aromatic rings. The Labute approximate surface area is 123 Å². The maximum absolute atomic E-state index is 12.5. The van der Waals surface area contributed by atoms with Gasteiger partial charge in [-0.25, -0.2) is 13.4 Å². The van der Waals surface area contributed by atoms with Gasteiger partial charge < -0.3 is 10.1 Å². The van der Waals surface area contributed by atoms with Crippen molar-refractivity contribution in [2.75, 3.05) is 5.73 Å². The van der Waals surface area contributed by atoms with E-state index in [1.807, 2.05) is 24.4 Å². The number of aryl methyl sites for hydroxylation is 1. The minimum atomic E-state index is -3.51. The van der Waals surface area contributed by atoms with Crippen LogP contribution in [0.5, 0.6) is 0 Å². The van der Waals surface area contributed by atoms with Crippen LogP contribution < -0.4 is 5.73 Å². The summed E-state index contributed by atoms with van der Waals surface area (Å²) >= 11 is 0. The maximum atomic E-state index is 12.5. The molecule has 0 saturated heterocycles. The van der Waals surface area contributed by atoms with Gasteiger partial charge in [-0.3, -0.25) is 0 Å². The molecule has 5 nitrogen and oxygen atoms in total. The lowest BCUT2D eigenvalue weighted by atomic mass is 10.2. The molecule has 0 fully saturated rings. The van der Waals surface area contributed by atoms with Gasteiger partial charge >= 0.3 is 0 Å². The predicted molar refractivity (Wildman–Crippen MR) is 81.7 cm³/mol. The fraction of sp³-hybridized carbons (Fsp3) is 0.133. The Morgan fingerprint density at radius 2 is 2.00 bits per heavy atom. The van der Waals surface area contributed by atoms with E-state index in [9.17, 15) is 8.42 Å². The first-order valence-electron chi connectivity index (χ1n) is 6.48. The summed E-state index contributed by atoms with van der Waals surface area (Å²) in [5, 5.41) is 0. The van der Waals surface area contributed by atoms with Crippen molar-refractivity contribution in [3.63, 3.8) is 0 Å². The SMILES string of the molecule is Cc1cccc(S(=O)(=O)Cc2cn3ccccc3n2)c1N. The van der Waals surface area contributed by atoms with E-state index in [-0.39, 0.29) is 10.6 Å². The standard InChI is InChI=1S/C15H15N3O2S/c1-11-5-4-6-13(15(11)16)21(19,20)10-12-9-18-8-3-2-7-14(18)17-12/h2-9H,10,16H2,1H3. The number of rotatable bonds is 3. The normalized spacial score (nSPS) is 11.9. The molecule has 0 spiro atoms. The second-order valence-electron chi connectivity index (χ2n) is 4.94. The van der Waals surface area contributed by atoms with Gasteiger partial charge in [0, 0.05) is 12.4 Å². The van der Waals surface area contributed by atoms with Crippen LogP contribution in [0.15, 0.2) is 53.7 Å². The molecule has 108 valence electrons. The van der Waals surface area contributed by atoms with Gasteiger partial charge in [-0.15, -0.1) is 0 Å². The molecule has 2 heterocycles. The number of nitrogens with zero attached hydrogens (tertiary/aromatic N) is 2. The maximum Gasteiger partial charge on any atom is 0.186 e. The van der Waals surface area contributed by atoms with Gasteiger partial charge in [0.25, 0.3) is 0 Å². The molecule has 0 unspecified atom stereocenters. The number of fused-ring (bicyclic) bond motifs is 1. The average molecular weight is 301 g/mol. The number of hydrogen-bond donors (Lipinski definition) is 1. The summed E-state index contributed by atoms with van der Waals surface area (Å²) in [4.78, 5) is 4.48. The van der Waals surface area contributed by atoms with Crippen molar-refractivity contribution in [1.82, 2.24) is 9.38 Å². The highest BCUT2D eigenvalue weighted by atomic mass is 32.2. The van der Waals surface area contributed by atoms with E-state index in [1.54, 1.807) is 29.7 Å². The number of nitrogen functional groups attached to an aromatic ring is 1. The molecule has 0 radical (unpaired) electrons. The molecule has 0 saturated carbocycles. The van der Waals surface area contributed by atoms with E-state index in [1.165, 1.54) is 6.07 Å². The van der Waals surface area contributed by atoms with E-state index in [0.717, 1.165) is 11.2 Å². The number of para-hydroxylation sites is 1. The molecule has 1 aromatic carbocycles. The van der Waals surface area contributed by atoms with E-state index in [4.69, 9.17) is 5.73 Å². The van der Waals surface area contributed by atoms with E-state index >= 15 is 0 Å². The monoisotopic (exact) mass is 301 g/mol. The van der Waals surface area contributed by atoms with Crippen molar-refractivity contribution in [3.8, 4) is 0 Å². The third-order valence-electron chi connectivity index (χ3n) is 3.37. The zero-order valence-corrected chi connectivity index (χ0v) is 12.3. The number of nitrogens with two attached hydrogens (primary N) is 1. The Balaban J connectivity index is 2.01. The molecular weight excluding hydrogens is 286 g/mol. The van der Waals surface area contributed by atoms with Crippen LogP contribution in [0.3, 0.4) is 0 Å². The van der Waals surface area contributed by atoms with Crippen LogP contribution in [0.1, 0.15) is 11.3 Å². The summed E-state index contributed by atoms with van der Waals surface area (Å²) in [6, 6.07) is 10.6. The van der Waals surface area contributed by atoms with Crippen molar-refractivity contribution < 1.29 is 8.42 Å². The molecule has 0 atom stereocenters. The largest absolute Gasteiger partial charge is 0.397 e. The van der Waals surface area contributed by atoms with Crippen LogP contribution >= 0.6 is 0 Å². The van der Waals surface area contributed by atoms with Crippen molar-refractivity contribution >= 4 is 21.2 Å². The number of benzene rings is 1. The zero-order chi connectivity index (χ0) is 15.0. The van der Waals surface area contributed by atoms with Crippen LogP contribution in [-0.2, 0) is 15.6 Å². The third-order valence-corrected chi connectivity index (χ3v) is 5.07. The van der Waals surface area contributed by atoms with Gasteiger partial charge in [0.2, 0.25) is 0 Å². The Hall–Kier alpha value is -2.34. The topological polar surface area (TPSA) is 77.5 Å². The number of anilines is 1. The smallest absolute Gasteiger partial charge is 0.186 e. The Bertz CT molecular complexity index is 881. The highest BCUT2D eigenvalue weighted by molar-refractivity contribution is 7.90. The van der Waals surface area contributed by atoms with E-state index in [2.05, 4.69) is 4.98 Å². The van der Waals surface area contributed by atoms with Gasteiger partial charge in [-0.2, -0.15) is 0 Å². The lowest BCUT2D eigenvalue weighted by Gasteiger charge is -2.08. The van der Waals surface area contributed by atoms with Gasteiger partial charge in [0.05, 0.1) is 22.0 Å². The zero-order valence-electron chi connectivity index (χ0n) is 11.5. The number of aromatic nitrogens is 2. The van der Waals surface area contributed by atoms with E-state index < -0.39 is 9.84 Å². The number of sulfone groups is 1. The fourth-order valence-electron chi connectivity index (χ4n) is 2.25. The number of hydrogen-bond acceptors (Lipinski definition) is 4. The minimum Gasteiger partial charge on any atom is -0.397 e. The lowest BCUT2D eigenvalue weighted by molar-refractivity contribution is 0.595. The van der Waals surface area contributed by atoms with Crippen molar-refractivity contribution in [1.29, 1.82) is 0 Å². The number of imidazole rings is 1. The van der Waals surface area contributed by atoms with Crippen LogP contribution in [-0.4, -0.2) is 17.8 Å². The summed E-state index contributed by atoms with van der Waals surface area (Å²) in [6.45, 7) is 1.79. The van der Waals surface area contributed by atoms with Crippen LogP contribution in [0, 0.1) is 6.92 Å². The van der Waals surface area contributed by atoms with Gasteiger partial charge in [-0.1, -0.05) is 18.2 Å². The molecule has 6 heteroatoms. The second-order valence-corrected chi connectivity index (χ2v) is 6.90. The van der Waals surface area contributed by atoms with Gasteiger partial charge in [-0.05, 0) is 30.7 Å². The summed E-state index contributed by atoms with van der Waals surface area (Å²) < 4.78 is 26.8. The molecule has 0 aliphatic rings. The summed E-state index contributed by atoms with van der Waals surface area (Å²) in [6.07, 6.45) is 3.55. The number of pyridine rings is 1. The molecule has 0 bridgehead atoms. The molecule has 0 aliphatic carbocycles. The molecule has 3 rings (SSSR count). The molecule has 21 heavy (non-hydrogen) atoms. The summed E-state index contributed by atoms with van der Waals surface area (Å²) in [7, 11) is -3.51. The molecular formula is C15H15N3O2S. The first-order valence-corrected chi connectivity index (χ1v) is 8.13. The van der Waals surface area contributed by atoms with Gasteiger partial charge in [0.1, 0.15) is 5.65 Å². The van der Waals surface area contributed by atoms with Crippen LogP contribution in [0.25, 0.3) is 5.65 Å². The van der Waals surface area contributed by atoms with Crippen molar-refractivity contribution in [3.05, 3.63) is 60.0 Å². The molecule has 0 aliphatic heterocycles. The highest BCUT2D eigenvalue weighted by Gasteiger charge is 2.20. The minimum absolute atomic E-state index is 0.164. The average Bonchev–Trinajstić information content (AvgIpc) is 2.82. The lowest BCUT2D eigenvalue weighted by Crippen LogP contribution is -2.09. The highest BCUT2D eigenvalue weighted by Crippen LogP contribution is 2.25. The Kier molecular flexibility index (Phi) is 3.17. The molecule has 2 N–H and O–H groups in total. The first kappa shape index (κ1) is 13.6. The predicted octanol–water partition coefficient (Wildman–Crippen LogP) is 2.20. The fourth-order valence-corrected chi connectivity index (χ4v) is 3.72. The van der Waals surface area contributed by atoms with Crippen molar-refractivity contribution in [2.45, 2.75) is 17.6 Å². The molecule has 0 amide bonds. The Morgan fingerprint density at radius 3 is 2.76 bits per heavy atom. The summed E-state index contributed by atoms with van der Waals surface area (Å²) in [5.74, 6) is -0.164. The quantitative estimate of drug-likeness (QED) is 0.752. The van der Waals surface area contributed by atoms with Crippen LogP contribution in [0.2, 0.25) is 0 Å². The van der Waals surface area contributed by atoms with Gasteiger partial charge in [0.15, 0.2) is 9.84 Å². The first-order chi connectivity index (χ1) is 9.97. The van der Waals surface area contributed by atoms with Crippen LogP contribution in [0.4, 0.5) is 5.69 Å². The van der Waals surface area contributed by atoms with E-state index in [0.29, 0.717) is 11.4 Å². The third kappa shape index (κ3) is 2.50. The Morgan fingerprint density at radius 1 is 1.19 bits per heavy atom. The second kappa shape index (κ2) is 4.89.